The van der Waals surface area contributed by atoms with E-state index in [1.54, 1.807) is 0 Å². The second-order valence-corrected chi connectivity index (χ2v) is 6.92. The molecule has 1 saturated heterocycles. The normalized spacial score (nSPS) is 22.2. The van der Waals surface area contributed by atoms with Crippen molar-refractivity contribution in [3.05, 3.63) is 41.2 Å². The number of imidazole rings is 1. The predicted molar refractivity (Wildman–Crippen MR) is 88.0 cm³/mol. The summed E-state index contributed by atoms with van der Waals surface area (Å²) < 4.78 is 4.80. The third kappa shape index (κ3) is 2.39. The minimum atomic E-state index is 0.620. The van der Waals surface area contributed by atoms with E-state index in [4.69, 9.17) is 4.98 Å². The molecule has 1 atom stereocenters. The van der Waals surface area contributed by atoms with Crippen LogP contribution in [0.15, 0.2) is 18.3 Å². The van der Waals surface area contributed by atoms with Crippen LogP contribution in [0.2, 0.25) is 0 Å². The van der Waals surface area contributed by atoms with E-state index in [-0.39, 0.29) is 0 Å². The molecule has 1 aliphatic carbocycles. The highest BCUT2D eigenvalue weighted by atomic mass is 15.2. The van der Waals surface area contributed by atoms with Gasteiger partial charge in [-0.2, -0.15) is 0 Å². The van der Waals surface area contributed by atoms with Gasteiger partial charge in [0.25, 0.3) is 0 Å². The van der Waals surface area contributed by atoms with Crippen LogP contribution in [0.25, 0.3) is 0 Å². The molecule has 1 aliphatic heterocycles. The lowest BCUT2D eigenvalue weighted by atomic mass is 10.0. The van der Waals surface area contributed by atoms with Crippen LogP contribution in [0.5, 0.6) is 0 Å². The molecule has 2 aromatic heterocycles. The summed E-state index contributed by atoms with van der Waals surface area (Å²) in [4.78, 5) is 7.44. The van der Waals surface area contributed by atoms with Crippen LogP contribution in [0, 0.1) is 6.92 Å². The molecular weight excluding hydrogens is 272 g/mol. The Morgan fingerprint density at radius 3 is 2.95 bits per heavy atom. The molecule has 0 aromatic carbocycles. The first-order valence-electron chi connectivity index (χ1n) is 8.61. The average Bonchev–Trinajstić information content (AvgIpc) is 3.19. The Hall–Kier alpha value is -1.55. The Kier molecular flexibility index (Phi) is 3.57. The summed E-state index contributed by atoms with van der Waals surface area (Å²) in [6, 6.07) is 4.99. The second kappa shape index (κ2) is 5.58. The Morgan fingerprint density at radius 2 is 2.14 bits per heavy atom. The molecule has 22 heavy (non-hydrogen) atoms. The Labute approximate surface area is 132 Å². The molecule has 0 bridgehead atoms. The second-order valence-electron chi connectivity index (χ2n) is 6.92. The topological polar surface area (TPSA) is 26.0 Å². The van der Waals surface area contributed by atoms with Crippen molar-refractivity contribution in [1.29, 1.82) is 0 Å². The van der Waals surface area contributed by atoms with Crippen molar-refractivity contribution in [2.24, 2.45) is 7.05 Å². The summed E-state index contributed by atoms with van der Waals surface area (Å²) >= 11 is 0. The predicted octanol–water partition coefficient (Wildman–Crippen LogP) is 2.86. The molecule has 2 aromatic rings. The standard InChI is InChI=1S/C18H26N4/c1-14-19-17-7-3-4-8-18(17)22(14)16-9-11-21(13-16)12-15-6-5-10-20(15)2/h5-6,10,16H,3-4,7-9,11-13H2,1-2H3. The third-order valence-corrected chi connectivity index (χ3v) is 5.40. The zero-order valence-corrected chi connectivity index (χ0v) is 13.8. The first kappa shape index (κ1) is 14.1. The summed E-state index contributed by atoms with van der Waals surface area (Å²) in [5.41, 5.74) is 4.32. The minimum absolute atomic E-state index is 0.620. The van der Waals surface area contributed by atoms with Crippen molar-refractivity contribution in [2.45, 2.75) is 51.6 Å². The van der Waals surface area contributed by atoms with Gasteiger partial charge in [0.15, 0.2) is 0 Å². The maximum absolute atomic E-state index is 4.85. The largest absolute Gasteiger partial charge is 0.353 e. The van der Waals surface area contributed by atoms with Crippen molar-refractivity contribution in [1.82, 2.24) is 19.0 Å². The van der Waals surface area contributed by atoms with Crippen LogP contribution in [0.1, 0.15) is 48.2 Å². The number of nitrogens with zero attached hydrogens (tertiary/aromatic N) is 4. The van der Waals surface area contributed by atoms with E-state index in [1.807, 2.05) is 0 Å². The fourth-order valence-corrected chi connectivity index (χ4v) is 4.24. The highest BCUT2D eigenvalue weighted by Gasteiger charge is 2.29. The number of aromatic nitrogens is 3. The van der Waals surface area contributed by atoms with Gasteiger partial charge in [-0.15, -0.1) is 0 Å². The molecule has 1 fully saturated rings. The molecular formula is C18H26N4. The highest BCUT2D eigenvalue weighted by Crippen LogP contribution is 2.30. The fraction of sp³-hybridized carbons (Fsp3) is 0.611. The Morgan fingerprint density at radius 1 is 1.27 bits per heavy atom. The molecule has 0 radical (unpaired) electrons. The van der Waals surface area contributed by atoms with E-state index in [0.29, 0.717) is 6.04 Å². The Bertz CT molecular complexity index is 667. The maximum Gasteiger partial charge on any atom is 0.106 e. The smallest absolute Gasteiger partial charge is 0.106 e. The van der Waals surface area contributed by atoms with Gasteiger partial charge in [-0.25, -0.2) is 4.98 Å². The molecule has 4 rings (SSSR count). The number of rotatable bonds is 3. The molecule has 0 N–H and O–H groups in total. The van der Waals surface area contributed by atoms with Crippen molar-refractivity contribution in [2.75, 3.05) is 13.1 Å². The summed E-state index contributed by atoms with van der Waals surface area (Å²) in [5.74, 6) is 1.23. The van der Waals surface area contributed by atoms with Crippen LogP contribution in [0.4, 0.5) is 0 Å². The van der Waals surface area contributed by atoms with Crippen LogP contribution < -0.4 is 0 Å². The van der Waals surface area contributed by atoms with Crippen LogP contribution in [0.3, 0.4) is 0 Å². The summed E-state index contributed by atoms with van der Waals surface area (Å²) in [7, 11) is 2.14. The number of likely N-dealkylation sites (tertiary alicyclic amines) is 1. The molecule has 0 saturated carbocycles. The highest BCUT2D eigenvalue weighted by molar-refractivity contribution is 5.21. The monoisotopic (exact) mass is 298 g/mol. The van der Waals surface area contributed by atoms with Gasteiger partial charge in [0, 0.05) is 50.3 Å². The molecule has 1 unspecified atom stereocenters. The molecule has 118 valence electrons. The molecule has 0 spiro atoms. The maximum atomic E-state index is 4.85. The van der Waals surface area contributed by atoms with E-state index in [0.717, 1.165) is 13.1 Å². The lowest BCUT2D eigenvalue weighted by Gasteiger charge is -2.21. The SMILES string of the molecule is Cc1nc2c(n1C1CCN(Cc3cccn3C)C1)CCCC2. The molecule has 3 heterocycles. The van der Waals surface area contributed by atoms with E-state index in [9.17, 15) is 0 Å². The molecule has 4 nitrogen and oxygen atoms in total. The van der Waals surface area contributed by atoms with E-state index in [1.165, 1.54) is 61.6 Å². The Balaban J connectivity index is 1.51. The number of hydrogen-bond donors (Lipinski definition) is 0. The van der Waals surface area contributed by atoms with Gasteiger partial charge in [-0.3, -0.25) is 4.90 Å². The van der Waals surface area contributed by atoms with Crippen molar-refractivity contribution >= 4 is 0 Å². The lowest BCUT2D eigenvalue weighted by Crippen LogP contribution is -2.23. The lowest BCUT2D eigenvalue weighted by molar-refractivity contribution is 0.307. The zero-order chi connectivity index (χ0) is 15.1. The van der Waals surface area contributed by atoms with Gasteiger partial charge < -0.3 is 9.13 Å². The van der Waals surface area contributed by atoms with Crippen molar-refractivity contribution in [3.8, 4) is 0 Å². The van der Waals surface area contributed by atoms with Crippen LogP contribution in [-0.4, -0.2) is 32.1 Å². The molecule has 0 amide bonds. The van der Waals surface area contributed by atoms with Crippen LogP contribution in [-0.2, 0) is 26.4 Å². The average molecular weight is 298 g/mol. The van der Waals surface area contributed by atoms with Crippen molar-refractivity contribution in [3.63, 3.8) is 0 Å². The number of hydrogen-bond acceptors (Lipinski definition) is 2. The van der Waals surface area contributed by atoms with Gasteiger partial charge in [0.2, 0.25) is 0 Å². The van der Waals surface area contributed by atoms with Gasteiger partial charge in [0.05, 0.1) is 5.69 Å². The number of fused-ring (bicyclic) bond motifs is 1. The number of aryl methyl sites for hydroxylation is 3. The zero-order valence-electron chi connectivity index (χ0n) is 13.8. The fourth-order valence-electron chi connectivity index (χ4n) is 4.24. The van der Waals surface area contributed by atoms with Crippen LogP contribution >= 0.6 is 0 Å². The minimum Gasteiger partial charge on any atom is -0.353 e. The van der Waals surface area contributed by atoms with Gasteiger partial charge >= 0.3 is 0 Å². The summed E-state index contributed by atoms with van der Waals surface area (Å²) in [6.45, 7) is 5.62. The summed E-state index contributed by atoms with van der Waals surface area (Å²) in [5, 5.41) is 0. The third-order valence-electron chi connectivity index (χ3n) is 5.40. The van der Waals surface area contributed by atoms with Crippen molar-refractivity contribution < 1.29 is 0 Å². The quantitative estimate of drug-likeness (QED) is 0.871. The van der Waals surface area contributed by atoms with Gasteiger partial charge in [-0.1, -0.05) is 0 Å². The summed E-state index contributed by atoms with van der Waals surface area (Å²) in [6.07, 6.45) is 8.45. The molecule has 2 aliphatic rings. The first-order chi connectivity index (χ1) is 10.7. The van der Waals surface area contributed by atoms with Gasteiger partial charge in [-0.05, 0) is 51.2 Å². The van der Waals surface area contributed by atoms with E-state index >= 15 is 0 Å². The van der Waals surface area contributed by atoms with E-state index < -0.39 is 0 Å². The molecule has 4 heteroatoms. The van der Waals surface area contributed by atoms with Gasteiger partial charge in [0.1, 0.15) is 5.82 Å². The van der Waals surface area contributed by atoms with E-state index in [2.05, 4.69) is 46.3 Å². The first-order valence-corrected chi connectivity index (χ1v) is 8.61.